The highest BCUT2D eigenvalue weighted by Crippen LogP contribution is 2.48. The molecule has 1 unspecified atom stereocenters. The van der Waals surface area contributed by atoms with Gasteiger partial charge in [0, 0.05) is 5.92 Å². The van der Waals surface area contributed by atoms with Crippen molar-refractivity contribution in [2.24, 2.45) is 11.8 Å². The zero-order chi connectivity index (χ0) is 12.8. The number of halogens is 2. The molecule has 0 heterocycles. The molecule has 0 spiro atoms. The van der Waals surface area contributed by atoms with E-state index in [-0.39, 0.29) is 12.3 Å². The summed E-state index contributed by atoms with van der Waals surface area (Å²) in [6, 6.07) is 0. The summed E-state index contributed by atoms with van der Waals surface area (Å²) >= 11 is 0. The van der Waals surface area contributed by atoms with Gasteiger partial charge in [0.15, 0.2) is 0 Å². The van der Waals surface area contributed by atoms with Gasteiger partial charge < -0.3 is 0 Å². The Morgan fingerprint density at radius 2 is 1.53 bits per heavy atom. The van der Waals surface area contributed by atoms with Gasteiger partial charge in [-0.15, -0.1) is 0 Å². The van der Waals surface area contributed by atoms with Gasteiger partial charge in [-0.05, 0) is 25.2 Å². The maximum Gasteiger partial charge on any atom is 0.437 e. The second-order valence-corrected chi connectivity index (χ2v) is 6.18. The summed E-state index contributed by atoms with van der Waals surface area (Å²) < 4.78 is 74.6. The average Bonchev–Trinajstić information content (AvgIpc) is 2.55. The van der Waals surface area contributed by atoms with E-state index in [1.165, 1.54) is 0 Å². The topological polar surface area (TPSA) is 86.7 Å². The summed E-state index contributed by atoms with van der Waals surface area (Å²) in [5.74, 6) is -0.937. The fraction of sp³-hybridized carbons (Fsp3) is 1.00. The van der Waals surface area contributed by atoms with Crippen molar-refractivity contribution in [2.75, 3.05) is 0 Å². The molecule has 2 saturated carbocycles. The van der Waals surface area contributed by atoms with Gasteiger partial charge in [0.2, 0.25) is 0 Å². The van der Waals surface area contributed by atoms with E-state index in [1.54, 1.807) is 0 Å². The van der Waals surface area contributed by atoms with E-state index in [4.69, 9.17) is 0 Å². The van der Waals surface area contributed by atoms with Gasteiger partial charge in [0.05, 0.1) is 12.2 Å². The molecular weight excluding hydrogens is 282 g/mol. The molecule has 0 aromatic rings. The van der Waals surface area contributed by atoms with Gasteiger partial charge in [-0.1, -0.05) is 7.77 Å². The lowest BCUT2D eigenvalue weighted by Gasteiger charge is -2.19. The monoisotopic (exact) mass is 292 g/mol. The highest BCUT2D eigenvalue weighted by Gasteiger charge is 2.52. The van der Waals surface area contributed by atoms with E-state index < -0.39 is 39.1 Å². The molecule has 2 rings (SSSR count). The van der Waals surface area contributed by atoms with E-state index in [2.05, 4.69) is 8.37 Å². The third-order valence-electron chi connectivity index (χ3n) is 3.23. The quantitative estimate of drug-likeness (QED) is 0.706. The van der Waals surface area contributed by atoms with E-state index in [1.807, 2.05) is 0 Å². The van der Waals surface area contributed by atoms with E-state index in [0.717, 1.165) is 0 Å². The normalized spacial score (nSPS) is 37.5. The molecule has 2 bridgehead atoms. The molecular formula is C7H10F2O6S2. The van der Waals surface area contributed by atoms with Gasteiger partial charge in [-0.25, -0.2) is 8.37 Å². The Labute approximate surface area is 97.7 Å². The van der Waals surface area contributed by atoms with Crippen molar-refractivity contribution in [3.63, 3.8) is 0 Å². The number of rotatable bonds is 4. The Balaban J connectivity index is 2.09. The van der Waals surface area contributed by atoms with E-state index >= 15 is 0 Å². The lowest BCUT2D eigenvalue weighted by atomic mass is 9.98. The molecule has 0 amide bonds. The van der Waals surface area contributed by atoms with Gasteiger partial charge in [0.1, 0.15) is 0 Å². The molecule has 2 aliphatic carbocycles. The van der Waals surface area contributed by atoms with Gasteiger partial charge in [-0.3, -0.25) is 0 Å². The lowest BCUT2D eigenvalue weighted by Crippen LogP contribution is -2.27. The molecule has 100 valence electrons. The van der Waals surface area contributed by atoms with Crippen LogP contribution in [-0.2, 0) is 29.4 Å². The van der Waals surface area contributed by atoms with Crippen LogP contribution < -0.4 is 0 Å². The lowest BCUT2D eigenvalue weighted by molar-refractivity contribution is 0.101. The van der Waals surface area contributed by atoms with Crippen molar-refractivity contribution in [3.8, 4) is 0 Å². The summed E-state index contributed by atoms with van der Waals surface area (Å²) in [6.07, 6.45) is -0.789. The average molecular weight is 292 g/mol. The highest BCUT2D eigenvalue weighted by atomic mass is 32.3. The van der Waals surface area contributed by atoms with Crippen molar-refractivity contribution in [3.05, 3.63) is 0 Å². The first-order valence-electron chi connectivity index (χ1n) is 4.91. The number of fused-ring (bicyclic) bond motifs is 2. The maximum atomic E-state index is 12.4. The molecule has 2 aliphatic rings. The van der Waals surface area contributed by atoms with Crippen LogP contribution in [0.5, 0.6) is 0 Å². The van der Waals surface area contributed by atoms with Crippen molar-refractivity contribution in [1.82, 2.24) is 0 Å². The minimum atomic E-state index is -5.10. The fourth-order valence-corrected chi connectivity index (χ4v) is 3.83. The number of hydrogen-bond donors (Lipinski definition) is 0. The second-order valence-electron chi connectivity index (χ2n) is 4.22. The minimum Gasteiger partial charge on any atom is -0.241 e. The summed E-state index contributed by atoms with van der Waals surface area (Å²) in [5.41, 5.74) is 0. The van der Waals surface area contributed by atoms with Crippen molar-refractivity contribution >= 4 is 21.0 Å². The summed E-state index contributed by atoms with van der Waals surface area (Å²) in [4.78, 5) is 0. The largest absolute Gasteiger partial charge is 0.437 e. The maximum absolute atomic E-state index is 12.4. The highest BCUT2D eigenvalue weighted by molar-refractivity contribution is 7.81. The molecule has 10 heteroatoms. The third kappa shape index (κ3) is 3.12. The summed E-state index contributed by atoms with van der Waals surface area (Å²) in [6.45, 7) is 0. The Hall–Kier alpha value is -0.320. The Morgan fingerprint density at radius 1 is 0.941 bits per heavy atom. The summed E-state index contributed by atoms with van der Waals surface area (Å²) in [5, 5.41) is 0. The zero-order valence-corrected chi connectivity index (χ0v) is 10.1. The van der Waals surface area contributed by atoms with Crippen molar-refractivity contribution in [2.45, 2.75) is 31.5 Å². The smallest absolute Gasteiger partial charge is 0.241 e. The first-order valence-corrected chi connectivity index (χ1v) is 7.53. The SMILES string of the molecule is O=S(=O)(F)OC1[C@H]2CC[C@@H]1[C@@H](OS(=O)(=O)F)C2. The first kappa shape index (κ1) is 13.1. The minimum absolute atomic E-state index is 0.147. The van der Waals surface area contributed by atoms with Crippen molar-refractivity contribution < 1.29 is 33.0 Å². The molecule has 0 aliphatic heterocycles. The molecule has 0 N–H and O–H groups in total. The molecule has 0 saturated heterocycles. The van der Waals surface area contributed by atoms with Gasteiger partial charge >= 0.3 is 21.0 Å². The molecule has 6 nitrogen and oxygen atoms in total. The standard InChI is InChI=1S/C7H10F2O6S2/c8-16(10,11)14-6-3-4-1-2-5(6)7(4)15-17(9,12)13/h4-7H,1-3H2/t4-,5+,6-,7?/m0/s1. The second kappa shape index (κ2) is 4.11. The zero-order valence-electron chi connectivity index (χ0n) is 8.45. The van der Waals surface area contributed by atoms with Crippen LogP contribution in [0.4, 0.5) is 7.77 Å². The van der Waals surface area contributed by atoms with Crippen molar-refractivity contribution in [1.29, 1.82) is 0 Å². The molecule has 0 aromatic carbocycles. The van der Waals surface area contributed by atoms with Crippen LogP contribution >= 0.6 is 0 Å². The van der Waals surface area contributed by atoms with Crippen LogP contribution in [0.25, 0.3) is 0 Å². The Bertz CT molecular complexity index is 500. The van der Waals surface area contributed by atoms with Crippen LogP contribution in [0.1, 0.15) is 19.3 Å². The van der Waals surface area contributed by atoms with Crippen LogP contribution in [0, 0.1) is 11.8 Å². The van der Waals surface area contributed by atoms with Crippen LogP contribution in [0.15, 0.2) is 0 Å². The van der Waals surface area contributed by atoms with Crippen LogP contribution in [0.3, 0.4) is 0 Å². The third-order valence-corrected chi connectivity index (χ3v) is 4.16. The van der Waals surface area contributed by atoms with Gasteiger partial charge in [0.25, 0.3) is 0 Å². The van der Waals surface area contributed by atoms with Crippen LogP contribution in [-0.4, -0.2) is 29.0 Å². The molecule has 4 atom stereocenters. The van der Waals surface area contributed by atoms with E-state index in [9.17, 15) is 24.6 Å². The number of hydrogen-bond acceptors (Lipinski definition) is 6. The molecule has 2 fully saturated rings. The molecule has 0 radical (unpaired) electrons. The van der Waals surface area contributed by atoms with E-state index in [0.29, 0.717) is 12.8 Å². The Kier molecular flexibility index (Phi) is 3.17. The predicted octanol–water partition coefficient (Wildman–Crippen LogP) is 0.615. The fourth-order valence-electron chi connectivity index (χ4n) is 2.75. The van der Waals surface area contributed by atoms with Crippen LogP contribution in [0.2, 0.25) is 0 Å². The van der Waals surface area contributed by atoms with Gasteiger partial charge in [-0.2, -0.15) is 16.8 Å². The first-order chi connectivity index (χ1) is 7.66. The Morgan fingerprint density at radius 3 is 2.06 bits per heavy atom. The predicted molar refractivity (Wildman–Crippen MR) is 50.6 cm³/mol. The summed E-state index contributed by atoms with van der Waals surface area (Å²) in [7, 11) is -10.2. The molecule has 0 aromatic heterocycles. The molecule has 17 heavy (non-hydrogen) atoms.